The predicted molar refractivity (Wildman–Crippen MR) is 59.5 cm³/mol. The molecule has 1 N–H and O–H groups in total. The van der Waals surface area contributed by atoms with Gasteiger partial charge in [0, 0.05) is 19.8 Å². The maximum absolute atomic E-state index is 11.5. The molecule has 0 bridgehead atoms. The van der Waals surface area contributed by atoms with Gasteiger partial charge in [-0.05, 0) is 19.3 Å². The van der Waals surface area contributed by atoms with E-state index in [1.807, 2.05) is 4.90 Å². The monoisotopic (exact) mass is 214 g/mol. The summed E-state index contributed by atoms with van der Waals surface area (Å²) in [5.41, 5.74) is 0. The fraction of sp³-hybridized carbons (Fsp3) is 0.909. The first-order chi connectivity index (χ1) is 7.29. The van der Waals surface area contributed by atoms with E-state index >= 15 is 0 Å². The van der Waals surface area contributed by atoms with E-state index in [1.54, 1.807) is 0 Å². The number of nitrogens with zero attached hydrogens (tertiary/aromatic N) is 1. The average molecular weight is 214 g/mol. The third-order valence-corrected chi connectivity index (χ3v) is 2.61. The second kappa shape index (κ2) is 6.80. The topological polar surface area (TPSA) is 41.6 Å². The molecule has 1 saturated heterocycles. The third-order valence-electron chi connectivity index (χ3n) is 2.61. The van der Waals surface area contributed by atoms with Crippen molar-refractivity contribution in [2.75, 3.05) is 26.3 Å². The van der Waals surface area contributed by atoms with Gasteiger partial charge in [-0.15, -0.1) is 0 Å². The molecule has 1 amide bonds. The highest BCUT2D eigenvalue weighted by Gasteiger charge is 2.27. The van der Waals surface area contributed by atoms with E-state index in [0.717, 1.165) is 39.0 Å². The molecule has 0 saturated carbocycles. The molecule has 1 rings (SSSR count). The van der Waals surface area contributed by atoms with Crippen molar-refractivity contribution in [3.05, 3.63) is 0 Å². The minimum Gasteiger partial charge on any atom is -0.381 e. The number of ether oxygens (including phenoxy) is 1. The quantitative estimate of drug-likeness (QED) is 0.642. The van der Waals surface area contributed by atoms with Crippen LogP contribution < -0.4 is 5.32 Å². The van der Waals surface area contributed by atoms with Crippen LogP contribution in [0.4, 0.5) is 0 Å². The van der Waals surface area contributed by atoms with Crippen molar-refractivity contribution < 1.29 is 9.53 Å². The molecule has 1 aliphatic rings. The molecular weight excluding hydrogens is 192 g/mol. The first kappa shape index (κ1) is 12.5. The number of hydrogen-bond donors (Lipinski definition) is 1. The molecule has 0 spiro atoms. The Hall–Kier alpha value is -0.610. The van der Waals surface area contributed by atoms with Gasteiger partial charge in [0.2, 0.25) is 5.91 Å². The van der Waals surface area contributed by atoms with Crippen LogP contribution in [0.5, 0.6) is 0 Å². The summed E-state index contributed by atoms with van der Waals surface area (Å²) >= 11 is 0. The molecule has 1 fully saturated rings. The van der Waals surface area contributed by atoms with Crippen LogP contribution in [-0.2, 0) is 9.53 Å². The lowest BCUT2D eigenvalue weighted by molar-refractivity contribution is -0.128. The van der Waals surface area contributed by atoms with E-state index in [0.29, 0.717) is 6.54 Å². The molecule has 4 nitrogen and oxygen atoms in total. The molecule has 1 heterocycles. The summed E-state index contributed by atoms with van der Waals surface area (Å²) in [6.45, 7) is 7.08. The van der Waals surface area contributed by atoms with Crippen LogP contribution in [0.25, 0.3) is 0 Å². The van der Waals surface area contributed by atoms with E-state index < -0.39 is 0 Å². The van der Waals surface area contributed by atoms with Crippen LogP contribution in [0.15, 0.2) is 0 Å². The molecular formula is C11H22N2O2. The zero-order valence-electron chi connectivity index (χ0n) is 9.79. The lowest BCUT2D eigenvalue weighted by Crippen LogP contribution is -2.37. The second-order valence-electron chi connectivity index (χ2n) is 3.86. The molecule has 0 aromatic rings. The summed E-state index contributed by atoms with van der Waals surface area (Å²) in [4.78, 5) is 13.4. The van der Waals surface area contributed by atoms with E-state index in [2.05, 4.69) is 19.2 Å². The van der Waals surface area contributed by atoms with E-state index in [-0.39, 0.29) is 12.1 Å². The van der Waals surface area contributed by atoms with Crippen LogP contribution in [0.1, 0.15) is 33.1 Å². The number of hydrogen-bond acceptors (Lipinski definition) is 3. The molecule has 1 unspecified atom stereocenters. The summed E-state index contributed by atoms with van der Waals surface area (Å²) < 4.78 is 5.39. The van der Waals surface area contributed by atoms with Gasteiger partial charge in [-0.3, -0.25) is 10.1 Å². The highest BCUT2D eigenvalue weighted by Crippen LogP contribution is 2.08. The van der Waals surface area contributed by atoms with Crippen LogP contribution in [-0.4, -0.2) is 43.3 Å². The smallest absolute Gasteiger partial charge is 0.237 e. The molecule has 4 heteroatoms. The summed E-state index contributed by atoms with van der Waals surface area (Å²) in [6.07, 6.45) is 3.21. The zero-order valence-corrected chi connectivity index (χ0v) is 9.79. The number of nitrogens with one attached hydrogen (secondary N) is 1. The van der Waals surface area contributed by atoms with Crippen LogP contribution in [0.3, 0.4) is 0 Å². The van der Waals surface area contributed by atoms with Gasteiger partial charge in [0.05, 0.1) is 12.7 Å². The Morgan fingerprint density at radius 2 is 2.27 bits per heavy atom. The van der Waals surface area contributed by atoms with Gasteiger partial charge in [-0.1, -0.05) is 13.8 Å². The number of carbonyl (C=O) groups is 1. The van der Waals surface area contributed by atoms with Crippen molar-refractivity contribution in [1.29, 1.82) is 0 Å². The Kier molecular flexibility index (Phi) is 5.65. The lowest BCUT2D eigenvalue weighted by Gasteiger charge is -2.22. The van der Waals surface area contributed by atoms with Crippen molar-refractivity contribution in [2.24, 2.45) is 0 Å². The fourth-order valence-corrected chi connectivity index (χ4v) is 1.82. The van der Waals surface area contributed by atoms with Gasteiger partial charge in [0.15, 0.2) is 0 Å². The Labute approximate surface area is 92.0 Å². The van der Waals surface area contributed by atoms with Crippen LogP contribution in [0.2, 0.25) is 0 Å². The minimum absolute atomic E-state index is 0.220. The van der Waals surface area contributed by atoms with Crippen LogP contribution >= 0.6 is 0 Å². The molecule has 0 radical (unpaired) electrons. The fourth-order valence-electron chi connectivity index (χ4n) is 1.82. The number of rotatable bonds is 7. The number of amides is 1. The van der Waals surface area contributed by atoms with Crippen molar-refractivity contribution >= 4 is 5.91 Å². The van der Waals surface area contributed by atoms with E-state index in [4.69, 9.17) is 4.74 Å². The third kappa shape index (κ3) is 3.80. The Morgan fingerprint density at radius 3 is 2.93 bits per heavy atom. The average Bonchev–Trinajstić information content (AvgIpc) is 2.60. The Balaban J connectivity index is 2.15. The first-order valence-electron chi connectivity index (χ1n) is 5.90. The van der Waals surface area contributed by atoms with Crippen molar-refractivity contribution in [2.45, 2.75) is 39.3 Å². The maximum Gasteiger partial charge on any atom is 0.237 e. The van der Waals surface area contributed by atoms with Gasteiger partial charge in [-0.2, -0.15) is 0 Å². The van der Waals surface area contributed by atoms with E-state index in [9.17, 15) is 4.79 Å². The van der Waals surface area contributed by atoms with Crippen molar-refractivity contribution in [1.82, 2.24) is 10.2 Å². The zero-order chi connectivity index (χ0) is 11.1. The van der Waals surface area contributed by atoms with Crippen molar-refractivity contribution in [3.8, 4) is 0 Å². The molecule has 15 heavy (non-hydrogen) atoms. The molecule has 0 aromatic carbocycles. The molecule has 1 atom stereocenters. The van der Waals surface area contributed by atoms with Crippen molar-refractivity contribution in [3.63, 3.8) is 0 Å². The number of carbonyl (C=O) groups excluding carboxylic acids is 1. The standard InChI is InChI=1S/C11H22N2O2/c1-3-7-15-8-5-6-13-10(4-2)12-9-11(13)14/h10,12H,3-9H2,1-2H3. The Morgan fingerprint density at radius 1 is 1.47 bits per heavy atom. The summed E-state index contributed by atoms with van der Waals surface area (Å²) in [5.74, 6) is 0.220. The van der Waals surface area contributed by atoms with Gasteiger partial charge in [0.1, 0.15) is 0 Å². The lowest BCUT2D eigenvalue weighted by atomic mass is 10.3. The highest BCUT2D eigenvalue weighted by molar-refractivity contribution is 5.80. The molecule has 0 aromatic heterocycles. The van der Waals surface area contributed by atoms with Gasteiger partial charge < -0.3 is 9.64 Å². The normalized spacial score (nSPS) is 21.3. The highest BCUT2D eigenvalue weighted by atomic mass is 16.5. The molecule has 1 aliphatic heterocycles. The SMILES string of the molecule is CCCOCCCN1C(=O)CNC1CC. The first-order valence-corrected chi connectivity index (χ1v) is 5.90. The molecule has 0 aliphatic carbocycles. The van der Waals surface area contributed by atoms with Gasteiger partial charge in [-0.25, -0.2) is 0 Å². The summed E-state index contributed by atoms with van der Waals surface area (Å²) in [6, 6.07) is 0. The maximum atomic E-state index is 11.5. The van der Waals surface area contributed by atoms with Gasteiger partial charge in [0.25, 0.3) is 0 Å². The Bertz CT molecular complexity index is 197. The summed E-state index contributed by atoms with van der Waals surface area (Å²) in [5, 5.41) is 3.19. The second-order valence-corrected chi connectivity index (χ2v) is 3.86. The minimum atomic E-state index is 0.220. The van der Waals surface area contributed by atoms with Crippen LogP contribution in [0, 0.1) is 0 Å². The largest absolute Gasteiger partial charge is 0.381 e. The van der Waals surface area contributed by atoms with E-state index in [1.165, 1.54) is 0 Å². The van der Waals surface area contributed by atoms with Gasteiger partial charge >= 0.3 is 0 Å². The molecule has 88 valence electrons. The predicted octanol–water partition coefficient (Wildman–Crippen LogP) is 0.971. The summed E-state index contributed by atoms with van der Waals surface area (Å²) in [7, 11) is 0.